The minimum atomic E-state index is -0.250. The summed E-state index contributed by atoms with van der Waals surface area (Å²) >= 11 is 6.00. The number of carbonyl (C=O) groups is 1. The summed E-state index contributed by atoms with van der Waals surface area (Å²) in [7, 11) is 1.64. The van der Waals surface area contributed by atoms with E-state index in [1.54, 1.807) is 11.9 Å². The smallest absolute Gasteiger partial charge is 0.279 e. The molecule has 2 aromatic heterocycles. The highest BCUT2D eigenvalue weighted by Gasteiger charge is 2.28. The Morgan fingerprint density at radius 3 is 2.24 bits per heavy atom. The Bertz CT molecular complexity index is 1380. The third-order valence-corrected chi connectivity index (χ3v) is 6.24. The van der Waals surface area contributed by atoms with E-state index in [-0.39, 0.29) is 17.2 Å². The molecule has 168 valence electrons. The zero-order chi connectivity index (χ0) is 23.1. The molecule has 0 N–H and O–H groups in total. The van der Waals surface area contributed by atoms with E-state index >= 15 is 0 Å². The predicted molar refractivity (Wildman–Crippen MR) is 128 cm³/mol. The molecule has 0 saturated carbocycles. The van der Waals surface area contributed by atoms with Crippen LogP contribution in [0.25, 0.3) is 16.7 Å². The maximum absolute atomic E-state index is 13.5. The molecule has 5 rings (SSSR count). The number of rotatable bonds is 3. The molecule has 1 fully saturated rings. The number of anilines is 1. The van der Waals surface area contributed by atoms with Crippen molar-refractivity contribution in [2.45, 2.75) is 6.92 Å². The molecule has 1 aliphatic rings. The summed E-state index contributed by atoms with van der Waals surface area (Å²) < 4.78 is 2.93. The summed E-state index contributed by atoms with van der Waals surface area (Å²) in [6, 6.07) is 15.4. The van der Waals surface area contributed by atoms with E-state index in [1.165, 1.54) is 15.6 Å². The summed E-state index contributed by atoms with van der Waals surface area (Å²) in [6.07, 6.45) is 1.43. The molecule has 0 aliphatic carbocycles. The van der Waals surface area contributed by atoms with Crippen LogP contribution in [0.5, 0.6) is 0 Å². The summed E-state index contributed by atoms with van der Waals surface area (Å²) in [6.45, 7) is 4.47. The van der Waals surface area contributed by atoms with Crippen LogP contribution in [0.2, 0.25) is 5.02 Å². The number of amides is 1. The van der Waals surface area contributed by atoms with Crippen LogP contribution in [-0.4, -0.2) is 56.3 Å². The summed E-state index contributed by atoms with van der Waals surface area (Å²) in [5, 5.41) is 5.27. The third kappa shape index (κ3) is 3.87. The van der Waals surface area contributed by atoms with Gasteiger partial charge in [0, 0.05) is 43.9 Å². The lowest BCUT2D eigenvalue weighted by Crippen LogP contribution is -2.49. The fraction of sp³-hybridized carbons (Fsp3) is 0.250. The number of aromatic nitrogens is 4. The second kappa shape index (κ2) is 8.37. The van der Waals surface area contributed by atoms with Crippen molar-refractivity contribution in [2.75, 3.05) is 31.1 Å². The van der Waals surface area contributed by atoms with Gasteiger partial charge >= 0.3 is 0 Å². The molecule has 8 nitrogen and oxygen atoms in total. The molecule has 1 aliphatic heterocycles. The van der Waals surface area contributed by atoms with Crippen molar-refractivity contribution in [3.8, 4) is 5.69 Å². The maximum Gasteiger partial charge on any atom is 0.279 e. The molecule has 0 bridgehead atoms. The van der Waals surface area contributed by atoms with Crippen LogP contribution in [0.15, 0.2) is 59.7 Å². The maximum atomic E-state index is 13.5. The minimum absolute atomic E-state index is 0.197. The van der Waals surface area contributed by atoms with Gasteiger partial charge in [0.15, 0.2) is 11.2 Å². The molecule has 4 aromatic rings. The molecule has 0 unspecified atom stereocenters. The molecule has 1 saturated heterocycles. The highest BCUT2D eigenvalue weighted by molar-refractivity contribution is 6.30. The first-order valence-electron chi connectivity index (χ1n) is 10.7. The number of halogens is 1. The zero-order valence-corrected chi connectivity index (χ0v) is 19.2. The van der Waals surface area contributed by atoms with Crippen LogP contribution in [0.1, 0.15) is 16.1 Å². The average Bonchev–Trinajstić information content (AvgIpc) is 3.22. The van der Waals surface area contributed by atoms with Crippen LogP contribution in [0.4, 0.5) is 5.69 Å². The van der Waals surface area contributed by atoms with Crippen molar-refractivity contribution in [2.24, 2.45) is 7.05 Å². The van der Waals surface area contributed by atoms with Crippen LogP contribution >= 0.6 is 11.6 Å². The Hall–Kier alpha value is -3.65. The monoisotopic (exact) mass is 462 g/mol. The van der Waals surface area contributed by atoms with Crippen LogP contribution in [0, 0.1) is 6.92 Å². The highest BCUT2D eigenvalue weighted by Crippen LogP contribution is 2.22. The molecular weight excluding hydrogens is 440 g/mol. The number of fused-ring (bicyclic) bond motifs is 1. The van der Waals surface area contributed by atoms with Gasteiger partial charge in [-0.2, -0.15) is 5.10 Å². The summed E-state index contributed by atoms with van der Waals surface area (Å²) in [4.78, 5) is 34.8. The summed E-state index contributed by atoms with van der Waals surface area (Å²) in [5.41, 5.74) is 3.45. The molecule has 9 heteroatoms. The molecule has 0 atom stereocenters. The van der Waals surface area contributed by atoms with Gasteiger partial charge in [-0.3, -0.25) is 9.59 Å². The van der Waals surface area contributed by atoms with E-state index in [4.69, 9.17) is 11.6 Å². The lowest BCUT2D eigenvalue weighted by atomic mass is 10.2. The molecular formula is C24H23ClN6O2. The van der Waals surface area contributed by atoms with Gasteiger partial charge in [0.05, 0.1) is 12.0 Å². The molecule has 2 aromatic carbocycles. The Morgan fingerprint density at radius 1 is 0.939 bits per heavy atom. The summed E-state index contributed by atoms with van der Waals surface area (Å²) in [5.74, 6) is -0.220. The van der Waals surface area contributed by atoms with Crippen molar-refractivity contribution in [3.63, 3.8) is 0 Å². The molecule has 3 heterocycles. The fourth-order valence-corrected chi connectivity index (χ4v) is 4.20. The van der Waals surface area contributed by atoms with Crippen molar-refractivity contribution < 1.29 is 4.79 Å². The number of aryl methyl sites for hydroxylation is 2. The SMILES string of the molecule is Cc1ccc(-n2nc(C(=O)N3CCN(c4ccc(Cl)cc4)CC3)c3ncn(C)c(=O)c32)cc1. The topological polar surface area (TPSA) is 76.3 Å². The first kappa shape index (κ1) is 21.2. The molecule has 0 spiro atoms. The quantitative estimate of drug-likeness (QED) is 0.467. The van der Waals surface area contributed by atoms with E-state index in [0.29, 0.717) is 47.9 Å². The second-order valence-corrected chi connectivity index (χ2v) is 8.65. The number of hydrogen-bond donors (Lipinski definition) is 0. The van der Waals surface area contributed by atoms with Gasteiger partial charge in [-0.1, -0.05) is 29.3 Å². The van der Waals surface area contributed by atoms with Crippen molar-refractivity contribution in [1.82, 2.24) is 24.2 Å². The second-order valence-electron chi connectivity index (χ2n) is 8.21. The fourth-order valence-electron chi connectivity index (χ4n) is 4.07. The lowest BCUT2D eigenvalue weighted by molar-refractivity contribution is 0.0742. The number of benzene rings is 2. The van der Waals surface area contributed by atoms with Crippen LogP contribution in [-0.2, 0) is 7.05 Å². The highest BCUT2D eigenvalue weighted by atomic mass is 35.5. The van der Waals surface area contributed by atoms with Crippen molar-refractivity contribution in [1.29, 1.82) is 0 Å². The molecule has 33 heavy (non-hydrogen) atoms. The van der Waals surface area contributed by atoms with Gasteiger partial charge in [-0.15, -0.1) is 0 Å². The average molecular weight is 463 g/mol. The van der Waals surface area contributed by atoms with Gasteiger partial charge in [-0.25, -0.2) is 9.67 Å². The zero-order valence-electron chi connectivity index (χ0n) is 18.4. The molecule has 0 radical (unpaired) electrons. The Balaban J connectivity index is 1.47. The predicted octanol–water partition coefficient (Wildman–Crippen LogP) is 3.04. The van der Waals surface area contributed by atoms with Crippen LogP contribution < -0.4 is 10.5 Å². The van der Waals surface area contributed by atoms with Crippen molar-refractivity contribution in [3.05, 3.63) is 81.5 Å². The standard InChI is InChI=1S/C24H23ClN6O2/c1-16-3-7-19(8-4-16)31-22-20(26-15-28(2)24(22)33)21(27-31)23(32)30-13-11-29(12-14-30)18-9-5-17(25)6-10-18/h3-10,15H,11-14H2,1-2H3. The Labute approximate surface area is 195 Å². The van der Waals surface area contributed by atoms with E-state index in [9.17, 15) is 9.59 Å². The number of nitrogens with zero attached hydrogens (tertiary/aromatic N) is 6. The van der Waals surface area contributed by atoms with Gasteiger partial charge < -0.3 is 14.4 Å². The minimum Gasteiger partial charge on any atom is -0.368 e. The number of carbonyl (C=O) groups excluding carboxylic acids is 1. The van der Waals surface area contributed by atoms with Crippen LogP contribution in [0.3, 0.4) is 0 Å². The Morgan fingerprint density at radius 2 is 1.58 bits per heavy atom. The number of piperazine rings is 1. The van der Waals surface area contributed by atoms with E-state index in [1.807, 2.05) is 55.5 Å². The largest absolute Gasteiger partial charge is 0.368 e. The first-order valence-corrected chi connectivity index (χ1v) is 11.1. The normalized spacial score (nSPS) is 14.2. The van der Waals surface area contributed by atoms with Gasteiger partial charge in [0.1, 0.15) is 5.52 Å². The van der Waals surface area contributed by atoms with Crippen molar-refractivity contribution >= 4 is 34.2 Å². The number of hydrogen-bond acceptors (Lipinski definition) is 5. The van der Waals surface area contributed by atoms with Gasteiger partial charge in [0.25, 0.3) is 11.5 Å². The molecule has 1 amide bonds. The van der Waals surface area contributed by atoms with Gasteiger partial charge in [0.2, 0.25) is 0 Å². The van der Waals surface area contributed by atoms with E-state index in [0.717, 1.165) is 11.3 Å². The van der Waals surface area contributed by atoms with Gasteiger partial charge in [-0.05, 0) is 43.3 Å². The lowest BCUT2D eigenvalue weighted by Gasteiger charge is -2.35. The Kier molecular flexibility index (Phi) is 5.38. The van der Waals surface area contributed by atoms with E-state index in [2.05, 4.69) is 15.0 Å². The van der Waals surface area contributed by atoms with E-state index < -0.39 is 0 Å². The third-order valence-electron chi connectivity index (χ3n) is 5.98. The first-order chi connectivity index (χ1) is 15.9.